The number of aromatic carboxylic acids is 1. The Bertz CT molecular complexity index is 599. The van der Waals surface area contributed by atoms with Crippen LogP contribution in [0.3, 0.4) is 0 Å². The molecule has 0 radical (unpaired) electrons. The van der Waals surface area contributed by atoms with Gasteiger partial charge in [-0.1, -0.05) is 0 Å². The van der Waals surface area contributed by atoms with Crippen LogP contribution >= 0.6 is 0 Å². The molecule has 2 aliphatic rings. The number of fused-ring (bicyclic) bond motifs is 3. The summed E-state index contributed by atoms with van der Waals surface area (Å²) >= 11 is 0. The predicted molar refractivity (Wildman–Crippen MR) is 66.2 cm³/mol. The highest BCUT2D eigenvalue weighted by molar-refractivity contribution is 6.13. The second-order valence-electron chi connectivity index (χ2n) is 4.44. The predicted octanol–water partition coefficient (Wildman–Crippen LogP) is -0.358. The molecule has 1 aromatic carbocycles. The Hall–Kier alpha value is -2.41. The zero-order valence-corrected chi connectivity index (χ0v) is 9.84. The van der Waals surface area contributed by atoms with Crippen molar-refractivity contribution in [2.75, 3.05) is 23.3 Å². The third-order valence-corrected chi connectivity index (χ3v) is 3.26. The van der Waals surface area contributed by atoms with E-state index in [4.69, 9.17) is 5.11 Å². The van der Waals surface area contributed by atoms with Crippen molar-refractivity contribution in [3.8, 4) is 0 Å². The van der Waals surface area contributed by atoms with Gasteiger partial charge in [-0.2, -0.15) is 0 Å². The van der Waals surface area contributed by atoms with Gasteiger partial charge in [-0.05, 0) is 18.2 Å². The molecule has 0 bridgehead atoms. The van der Waals surface area contributed by atoms with Gasteiger partial charge in [0.25, 0.3) is 0 Å². The second kappa shape index (κ2) is 4.06. The number of piperazine rings is 1. The fourth-order valence-corrected chi connectivity index (χ4v) is 2.36. The van der Waals surface area contributed by atoms with E-state index in [-0.39, 0.29) is 23.9 Å². The molecule has 0 aliphatic carbocycles. The summed E-state index contributed by atoms with van der Waals surface area (Å²) < 4.78 is 0. The van der Waals surface area contributed by atoms with Crippen molar-refractivity contribution in [1.29, 1.82) is 0 Å². The zero-order valence-electron chi connectivity index (χ0n) is 9.84. The van der Waals surface area contributed by atoms with Crippen LogP contribution in [0.1, 0.15) is 10.4 Å². The van der Waals surface area contributed by atoms with Gasteiger partial charge >= 0.3 is 5.97 Å². The Morgan fingerprint density at radius 2 is 2.16 bits per heavy atom. The van der Waals surface area contributed by atoms with Gasteiger partial charge in [-0.3, -0.25) is 14.5 Å². The minimum Gasteiger partial charge on any atom is -0.478 e. The van der Waals surface area contributed by atoms with Crippen molar-refractivity contribution in [3.63, 3.8) is 0 Å². The van der Waals surface area contributed by atoms with E-state index < -0.39 is 12.0 Å². The molecule has 1 saturated heterocycles. The normalized spacial score (nSPS) is 21.5. The highest BCUT2D eigenvalue weighted by Gasteiger charge is 2.39. The average Bonchev–Trinajstić information content (AvgIpc) is 2.38. The van der Waals surface area contributed by atoms with Crippen LogP contribution < -0.4 is 15.5 Å². The lowest BCUT2D eigenvalue weighted by Crippen LogP contribution is -2.61. The minimum absolute atomic E-state index is 0.0833. The first kappa shape index (κ1) is 11.7. The fraction of sp³-hybridized carbons (Fsp3) is 0.250. The lowest BCUT2D eigenvalue weighted by atomic mass is 10.0. The molecule has 19 heavy (non-hydrogen) atoms. The van der Waals surface area contributed by atoms with Gasteiger partial charge in [0.1, 0.15) is 6.04 Å². The molecule has 2 amide bonds. The van der Waals surface area contributed by atoms with Crippen molar-refractivity contribution in [3.05, 3.63) is 23.8 Å². The number of nitrogens with one attached hydrogen (secondary N) is 2. The van der Waals surface area contributed by atoms with Gasteiger partial charge in [0.2, 0.25) is 11.8 Å². The van der Waals surface area contributed by atoms with Crippen molar-refractivity contribution < 1.29 is 19.5 Å². The van der Waals surface area contributed by atoms with Crippen LogP contribution in [0, 0.1) is 0 Å². The first-order chi connectivity index (χ1) is 9.08. The van der Waals surface area contributed by atoms with E-state index in [1.165, 1.54) is 23.1 Å². The first-order valence-corrected chi connectivity index (χ1v) is 5.79. The number of carboxylic acid groups (broad SMARTS) is 1. The average molecular weight is 261 g/mol. The van der Waals surface area contributed by atoms with Crippen LogP contribution in [0.5, 0.6) is 0 Å². The van der Waals surface area contributed by atoms with Crippen molar-refractivity contribution >= 4 is 29.2 Å². The quantitative estimate of drug-likeness (QED) is 0.641. The van der Waals surface area contributed by atoms with Crippen LogP contribution in [-0.2, 0) is 9.59 Å². The number of rotatable bonds is 1. The number of anilines is 2. The van der Waals surface area contributed by atoms with Crippen molar-refractivity contribution in [2.24, 2.45) is 0 Å². The molecular weight excluding hydrogens is 250 g/mol. The Morgan fingerprint density at radius 1 is 1.37 bits per heavy atom. The Balaban J connectivity index is 2.13. The van der Waals surface area contributed by atoms with E-state index in [1.807, 2.05) is 0 Å². The van der Waals surface area contributed by atoms with E-state index in [2.05, 4.69) is 10.6 Å². The molecule has 2 aliphatic heterocycles. The van der Waals surface area contributed by atoms with Gasteiger partial charge in [0, 0.05) is 6.54 Å². The van der Waals surface area contributed by atoms with E-state index in [0.717, 1.165) is 0 Å². The highest BCUT2D eigenvalue weighted by Crippen LogP contribution is 2.33. The van der Waals surface area contributed by atoms with E-state index in [0.29, 0.717) is 17.9 Å². The Morgan fingerprint density at radius 3 is 2.89 bits per heavy atom. The van der Waals surface area contributed by atoms with Gasteiger partial charge in [-0.25, -0.2) is 4.79 Å². The summed E-state index contributed by atoms with van der Waals surface area (Å²) in [4.78, 5) is 36.2. The molecule has 1 unspecified atom stereocenters. The number of amides is 2. The van der Waals surface area contributed by atoms with E-state index in [9.17, 15) is 14.4 Å². The molecule has 98 valence electrons. The van der Waals surface area contributed by atoms with Crippen LogP contribution in [-0.4, -0.2) is 42.0 Å². The lowest BCUT2D eigenvalue weighted by molar-refractivity contribution is -0.124. The first-order valence-electron chi connectivity index (χ1n) is 5.79. The van der Waals surface area contributed by atoms with Crippen LogP contribution in [0.25, 0.3) is 0 Å². The standard InChI is InChI=1S/C12H11N3O4/c16-10-5-13-4-9-11(17)14-7-2-1-6(12(18)19)3-8(7)15(9)10/h1-3,9,13H,4-5H2,(H,14,17)(H,18,19). The minimum atomic E-state index is -1.07. The highest BCUT2D eigenvalue weighted by atomic mass is 16.4. The molecule has 0 saturated carbocycles. The summed E-state index contributed by atoms with van der Waals surface area (Å²) in [5, 5.41) is 14.5. The van der Waals surface area contributed by atoms with Crippen LogP contribution in [0.15, 0.2) is 18.2 Å². The number of nitrogens with zero attached hydrogens (tertiary/aromatic N) is 1. The number of hydrogen-bond acceptors (Lipinski definition) is 4. The molecule has 7 heteroatoms. The molecule has 3 N–H and O–H groups in total. The molecular formula is C12H11N3O4. The summed E-state index contributed by atoms with van der Waals surface area (Å²) in [5.41, 5.74) is 0.984. The Labute approximate surface area is 108 Å². The van der Waals surface area contributed by atoms with Gasteiger partial charge in [0.15, 0.2) is 0 Å². The zero-order chi connectivity index (χ0) is 13.6. The van der Waals surface area contributed by atoms with E-state index >= 15 is 0 Å². The summed E-state index contributed by atoms with van der Waals surface area (Å²) in [6.45, 7) is 0.495. The third-order valence-electron chi connectivity index (χ3n) is 3.26. The second-order valence-corrected chi connectivity index (χ2v) is 4.44. The molecule has 1 aromatic rings. The summed E-state index contributed by atoms with van der Waals surface area (Å²) in [6, 6.07) is 3.68. The molecule has 3 rings (SSSR count). The molecule has 1 fully saturated rings. The maximum atomic E-state index is 12.0. The fourth-order valence-electron chi connectivity index (χ4n) is 2.36. The summed E-state index contributed by atoms with van der Waals surface area (Å²) in [5.74, 6) is -1.58. The number of carboxylic acids is 1. The van der Waals surface area contributed by atoms with Crippen LogP contribution in [0.2, 0.25) is 0 Å². The van der Waals surface area contributed by atoms with Gasteiger partial charge < -0.3 is 15.7 Å². The number of carbonyl (C=O) groups is 3. The monoisotopic (exact) mass is 261 g/mol. The van der Waals surface area contributed by atoms with Gasteiger partial charge in [0.05, 0.1) is 23.5 Å². The van der Waals surface area contributed by atoms with Crippen molar-refractivity contribution in [1.82, 2.24) is 5.32 Å². The molecule has 1 atom stereocenters. The van der Waals surface area contributed by atoms with E-state index in [1.54, 1.807) is 0 Å². The smallest absolute Gasteiger partial charge is 0.335 e. The summed E-state index contributed by atoms with van der Waals surface area (Å²) in [7, 11) is 0. The molecule has 0 aromatic heterocycles. The number of carbonyl (C=O) groups excluding carboxylic acids is 2. The molecule has 0 spiro atoms. The third kappa shape index (κ3) is 1.75. The lowest BCUT2D eigenvalue weighted by Gasteiger charge is -2.39. The largest absolute Gasteiger partial charge is 0.478 e. The SMILES string of the molecule is O=C(O)c1ccc2c(c1)N1C(=O)CNCC1C(=O)N2. The molecule has 2 heterocycles. The number of benzene rings is 1. The van der Waals surface area contributed by atoms with Gasteiger partial charge in [-0.15, -0.1) is 0 Å². The number of hydrogen-bond donors (Lipinski definition) is 3. The molecule has 7 nitrogen and oxygen atoms in total. The van der Waals surface area contributed by atoms with Crippen molar-refractivity contribution in [2.45, 2.75) is 6.04 Å². The maximum Gasteiger partial charge on any atom is 0.335 e. The Kier molecular flexibility index (Phi) is 2.49. The van der Waals surface area contributed by atoms with Crippen LogP contribution in [0.4, 0.5) is 11.4 Å². The topological polar surface area (TPSA) is 98.7 Å². The summed E-state index contributed by atoms with van der Waals surface area (Å²) in [6.07, 6.45) is 0. The maximum absolute atomic E-state index is 12.0.